The van der Waals surface area contributed by atoms with Gasteiger partial charge in [0, 0.05) is 11.3 Å². The van der Waals surface area contributed by atoms with Crippen LogP contribution in [0.4, 0.5) is 17.1 Å². The Labute approximate surface area is 200 Å². The molecule has 1 aliphatic rings. The van der Waals surface area contributed by atoms with E-state index in [9.17, 15) is 14.4 Å². The van der Waals surface area contributed by atoms with E-state index in [0.29, 0.717) is 34.1 Å². The lowest BCUT2D eigenvalue weighted by atomic mass is 10.1. The van der Waals surface area contributed by atoms with Crippen LogP contribution < -0.4 is 25.0 Å². The number of rotatable bonds is 7. The van der Waals surface area contributed by atoms with Crippen LogP contribution in [0.2, 0.25) is 0 Å². The van der Waals surface area contributed by atoms with Crippen molar-refractivity contribution >= 4 is 46.4 Å². The zero-order chi connectivity index (χ0) is 24.2. The zero-order valence-corrected chi connectivity index (χ0v) is 19.1. The largest absolute Gasteiger partial charge is 0.497 e. The maximum Gasteiger partial charge on any atom is 0.283 e. The molecule has 0 saturated heterocycles. The van der Waals surface area contributed by atoms with Crippen molar-refractivity contribution in [2.24, 2.45) is 0 Å². The Morgan fingerprint density at radius 1 is 0.882 bits per heavy atom. The fourth-order valence-electron chi connectivity index (χ4n) is 3.40. The van der Waals surface area contributed by atoms with Crippen molar-refractivity contribution in [3.8, 4) is 11.5 Å². The number of ether oxygens (including phenoxy) is 2. The number of carbonyl (C=O) groups is 3. The highest BCUT2D eigenvalue weighted by Crippen LogP contribution is 2.31. The van der Waals surface area contributed by atoms with Gasteiger partial charge in [0.1, 0.15) is 22.2 Å². The summed E-state index contributed by atoms with van der Waals surface area (Å²) in [6.45, 7) is 0. The van der Waals surface area contributed by atoms with Crippen LogP contribution in [-0.2, 0) is 9.59 Å². The van der Waals surface area contributed by atoms with E-state index < -0.39 is 11.8 Å². The van der Waals surface area contributed by atoms with Gasteiger partial charge in [0.15, 0.2) is 0 Å². The topological polar surface area (TPSA) is 97.0 Å². The number of hydrogen-bond donors (Lipinski definition) is 2. The third-order valence-electron chi connectivity index (χ3n) is 5.11. The van der Waals surface area contributed by atoms with Crippen molar-refractivity contribution in [2.45, 2.75) is 0 Å². The summed E-state index contributed by atoms with van der Waals surface area (Å²) in [6, 6.07) is 20.0. The molecular formula is C25H20ClN3O5. The van der Waals surface area contributed by atoms with E-state index in [1.807, 2.05) is 0 Å². The Morgan fingerprint density at radius 2 is 1.62 bits per heavy atom. The van der Waals surface area contributed by atoms with E-state index in [1.54, 1.807) is 72.8 Å². The molecule has 1 heterocycles. The van der Waals surface area contributed by atoms with Crippen molar-refractivity contribution in [2.75, 3.05) is 29.8 Å². The summed E-state index contributed by atoms with van der Waals surface area (Å²) < 4.78 is 10.4. The van der Waals surface area contributed by atoms with Crippen LogP contribution in [0, 0.1) is 0 Å². The number of amides is 3. The van der Waals surface area contributed by atoms with Gasteiger partial charge in [-0.2, -0.15) is 0 Å². The fourth-order valence-corrected chi connectivity index (χ4v) is 3.61. The van der Waals surface area contributed by atoms with Crippen LogP contribution in [0.1, 0.15) is 10.4 Å². The lowest BCUT2D eigenvalue weighted by molar-refractivity contribution is -0.120. The normalized spacial score (nSPS) is 13.2. The summed E-state index contributed by atoms with van der Waals surface area (Å²) in [7, 11) is 3.04. The number of halogens is 1. The number of nitrogens with zero attached hydrogens (tertiary/aromatic N) is 1. The first kappa shape index (κ1) is 22.9. The van der Waals surface area contributed by atoms with Crippen LogP contribution in [-0.4, -0.2) is 31.9 Å². The zero-order valence-electron chi connectivity index (χ0n) is 18.3. The summed E-state index contributed by atoms with van der Waals surface area (Å²) in [5.41, 5.74) is 1.54. The third-order valence-corrected chi connectivity index (χ3v) is 5.46. The molecule has 3 aromatic carbocycles. The summed E-state index contributed by atoms with van der Waals surface area (Å²) in [6.07, 6.45) is 0. The van der Waals surface area contributed by atoms with Gasteiger partial charge in [-0.1, -0.05) is 29.8 Å². The Balaban J connectivity index is 1.53. The second-order valence-electron chi connectivity index (χ2n) is 7.19. The van der Waals surface area contributed by atoms with E-state index in [-0.39, 0.29) is 16.6 Å². The lowest BCUT2D eigenvalue weighted by Crippen LogP contribution is -2.32. The number of imide groups is 1. The molecule has 2 N–H and O–H groups in total. The Bertz CT molecular complexity index is 1300. The summed E-state index contributed by atoms with van der Waals surface area (Å²) in [5, 5.41) is 5.43. The SMILES string of the molecule is COc1ccc(N2C(=O)C(Cl)=C(Nc3cccc(C(=O)Nc4ccccc4OC)c3)C2=O)cc1. The van der Waals surface area contributed by atoms with E-state index in [4.69, 9.17) is 21.1 Å². The van der Waals surface area contributed by atoms with Crippen LogP contribution >= 0.6 is 11.6 Å². The molecule has 34 heavy (non-hydrogen) atoms. The first-order chi connectivity index (χ1) is 16.4. The minimum Gasteiger partial charge on any atom is -0.497 e. The maximum atomic E-state index is 13.0. The highest BCUT2D eigenvalue weighted by molar-refractivity contribution is 6.53. The minimum absolute atomic E-state index is 0.0789. The number of methoxy groups -OCH3 is 2. The van der Waals surface area contributed by atoms with Crippen molar-refractivity contribution in [1.82, 2.24) is 0 Å². The summed E-state index contributed by atoms with van der Waals surface area (Å²) in [4.78, 5) is 39.4. The standard InChI is InChI=1S/C25H20ClN3O5/c1-33-18-12-10-17(11-13-18)29-24(31)21(26)22(25(29)32)27-16-7-5-6-15(14-16)23(30)28-19-8-3-4-9-20(19)34-2/h3-14,27H,1-2H3,(H,28,30). The second kappa shape index (κ2) is 9.68. The molecule has 0 aromatic heterocycles. The van der Waals surface area contributed by atoms with E-state index in [1.165, 1.54) is 14.2 Å². The predicted molar refractivity (Wildman–Crippen MR) is 129 cm³/mol. The average molecular weight is 478 g/mol. The predicted octanol–water partition coefficient (Wildman–Crippen LogP) is 4.39. The average Bonchev–Trinajstić information content (AvgIpc) is 3.07. The molecule has 0 spiro atoms. The Kier molecular flexibility index (Phi) is 6.51. The Morgan fingerprint density at radius 3 is 2.32 bits per heavy atom. The molecule has 4 rings (SSSR count). The summed E-state index contributed by atoms with van der Waals surface area (Å²) in [5.74, 6) is -0.519. The van der Waals surface area contributed by atoms with Gasteiger partial charge < -0.3 is 20.1 Å². The second-order valence-corrected chi connectivity index (χ2v) is 7.57. The smallest absolute Gasteiger partial charge is 0.283 e. The van der Waals surface area contributed by atoms with E-state index in [0.717, 1.165) is 4.90 Å². The molecule has 3 amide bonds. The monoisotopic (exact) mass is 477 g/mol. The molecule has 9 heteroatoms. The molecule has 0 fully saturated rings. The van der Waals surface area contributed by atoms with Crippen LogP contribution in [0.3, 0.4) is 0 Å². The van der Waals surface area contributed by atoms with Crippen molar-refractivity contribution in [1.29, 1.82) is 0 Å². The number of anilines is 3. The molecule has 0 radical (unpaired) electrons. The van der Waals surface area contributed by atoms with Gasteiger partial charge >= 0.3 is 0 Å². The Hall–Kier alpha value is -4.30. The van der Waals surface area contributed by atoms with Crippen LogP contribution in [0.15, 0.2) is 83.5 Å². The molecule has 0 aliphatic carbocycles. The molecule has 3 aromatic rings. The molecule has 8 nitrogen and oxygen atoms in total. The summed E-state index contributed by atoms with van der Waals surface area (Å²) >= 11 is 6.21. The number of para-hydroxylation sites is 2. The van der Waals surface area contributed by atoms with E-state index >= 15 is 0 Å². The van der Waals surface area contributed by atoms with Gasteiger partial charge in [-0.05, 0) is 54.6 Å². The molecule has 1 aliphatic heterocycles. The number of carbonyl (C=O) groups excluding carboxylic acids is 3. The molecule has 0 saturated carbocycles. The highest BCUT2D eigenvalue weighted by Gasteiger charge is 2.39. The molecular weight excluding hydrogens is 458 g/mol. The van der Waals surface area contributed by atoms with Crippen LogP contribution in [0.5, 0.6) is 11.5 Å². The maximum absolute atomic E-state index is 13.0. The minimum atomic E-state index is -0.649. The first-order valence-electron chi connectivity index (χ1n) is 10.2. The lowest BCUT2D eigenvalue weighted by Gasteiger charge is -2.15. The van der Waals surface area contributed by atoms with Gasteiger partial charge in [0.25, 0.3) is 17.7 Å². The third kappa shape index (κ3) is 4.44. The van der Waals surface area contributed by atoms with Gasteiger partial charge in [0.2, 0.25) is 0 Å². The molecule has 172 valence electrons. The highest BCUT2D eigenvalue weighted by atomic mass is 35.5. The van der Waals surface area contributed by atoms with Gasteiger partial charge in [-0.25, -0.2) is 4.90 Å². The number of nitrogens with one attached hydrogen (secondary N) is 2. The van der Waals surface area contributed by atoms with Crippen molar-refractivity contribution < 1.29 is 23.9 Å². The molecule has 0 bridgehead atoms. The number of hydrogen-bond acceptors (Lipinski definition) is 6. The van der Waals surface area contributed by atoms with Gasteiger partial charge in [0.05, 0.1) is 25.6 Å². The number of benzene rings is 3. The van der Waals surface area contributed by atoms with Crippen molar-refractivity contribution in [3.63, 3.8) is 0 Å². The van der Waals surface area contributed by atoms with Gasteiger partial charge in [-0.15, -0.1) is 0 Å². The van der Waals surface area contributed by atoms with E-state index in [2.05, 4.69) is 10.6 Å². The first-order valence-corrected chi connectivity index (χ1v) is 10.5. The quantitative estimate of drug-likeness (QED) is 0.490. The molecule has 0 atom stereocenters. The fraction of sp³-hybridized carbons (Fsp3) is 0.0800. The van der Waals surface area contributed by atoms with Crippen LogP contribution in [0.25, 0.3) is 0 Å². The van der Waals surface area contributed by atoms with Crippen molar-refractivity contribution in [3.05, 3.63) is 89.1 Å². The van der Waals surface area contributed by atoms with Gasteiger partial charge in [-0.3, -0.25) is 14.4 Å². The molecule has 0 unspecified atom stereocenters.